The van der Waals surface area contributed by atoms with Gasteiger partial charge >= 0.3 is 5.97 Å². The van der Waals surface area contributed by atoms with Crippen LogP contribution in [0.2, 0.25) is 0 Å². The molecular formula is C29H35N3O5. The highest BCUT2D eigenvalue weighted by atomic mass is 16.5. The molecule has 2 aromatic rings. The minimum Gasteiger partial charge on any atom is -0.468 e. The van der Waals surface area contributed by atoms with Gasteiger partial charge < -0.3 is 9.64 Å². The summed E-state index contributed by atoms with van der Waals surface area (Å²) >= 11 is 0. The Labute approximate surface area is 218 Å². The van der Waals surface area contributed by atoms with Crippen LogP contribution in [0.3, 0.4) is 0 Å². The molecule has 0 bridgehead atoms. The number of hydrogen-bond donors (Lipinski definition) is 1. The van der Waals surface area contributed by atoms with Crippen molar-refractivity contribution in [2.24, 2.45) is 11.8 Å². The van der Waals surface area contributed by atoms with Crippen LogP contribution in [0.4, 0.5) is 0 Å². The molecule has 2 aromatic carbocycles. The molecule has 0 aromatic heterocycles. The van der Waals surface area contributed by atoms with E-state index < -0.39 is 35.3 Å². The zero-order chi connectivity index (χ0) is 27.1. The van der Waals surface area contributed by atoms with Crippen LogP contribution in [0.25, 0.3) is 0 Å². The minimum absolute atomic E-state index is 0.0321. The van der Waals surface area contributed by atoms with E-state index >= 15 is 0 Å². The van der Waals surface area contributed by atoms with Crippen LogP contribution in [0.5, 0.6) is 0 Å². The van der Waals surface area contributed by atoms with Gasteiger partial charge in [-0.15, -0.1) is 0 Å². The van der Waals surface area contributed by atoms with Crippen LogP contribution in [0.1, 0.15) is 49.2 Å². The van der Waals surface area contributed by atoms with Crippen molar-refractivity contribution >= 4 is 23.7 Å². The second kappa shape index (κ2) is 9.74. The molecule has 0 radical (unpaired) electrons. The summed E-state index contributed by atoms with van der Waals surface area (Å²) in [6.07, 6.45) is 0. The van der Waals surface area contributed by atoms with E-state index in [1.54, 1.807) is 26.1 Å². The lowest BCUT2D eigenvalue weighted by Crippen LogP contribution is -2.56. The van der Waals surface area contributed by atoms with Gasteiger partial charge in [-0.25, -0.2) is 0 Å². The normalized spacial score (nSPS) is 25.2. The van der Waals surface area contributed by atoms with Gasteiger partial charge in [0.05, 0.1) is 25.5 Å². The number of hydrogen-bond acceptors (Lipinski definition) is 6. The van der Waals surface area contributed by atoms with Gasteiger partial charge in [0, 0.05) is 25.2 Å². The lowest BCUT2D eigenvalue weighted by Gasteiger charge is -2.30. The Bertz CT molecular complexity index is 1200. The van der Waals surface area contributed by atoms with Crippen LogP contribution in [-0.4, -0.2) is 65.8 Å². The Morgan fingerprint density at radius 2 is 1.65 bits per heavy atom. The summed E-state index contributed by atoms with van der Waals surface area (Å²) in [7, 11) is 2.92. The van der Waals surface area contributed by atoms with Gasteiger partial charge in [-0.2, -0.15) is 0 Å². The number of nitrogens with one attached hydrogen (secondary N) is 1. The maximum atomic E-state index is 13.6. The molecule has 0 saturated carbocycles. The van der Waals surface area contributed by atoms with Crippen LogP contribution < -0.4 is 5.32 Å². The second-order valence-corrected chi connectivity index (χ2v) is 11.2. The SMILES string of the molecule is COC(=O)[C@]1(C)N[C@H](CN(C)C(=O)c2ccc(C(C)(C)C)cc2)[C@@H]2C(=O)N(Cc3ccccc3)C(=O)[C@@H]21. The summed E-state index contributed by atoms with van der Waals surface area (Å²) in [6.45, 7) is 8.20. The quantitative estimate of drug-likeness (QED) is 0.479. The van der Waals surface area contributed by atoms with Gasteiger partial charge in [-0.1, -0.05) is 63.2 Å². The highest BCUT2D eigenvalue weighted by Gasteiger charge is 2.66. The van der Waals surface area contributed by atoms with Gasteiger partial charge in [0.1, 0.15) is 5.54 Å². The molecule has 4 atom stereocenters. The molecule has 2 saturated heterocycles. The molecule has 8 nitrogen and oxygen atoms in total. The van der Waals surface area contributed by atoms with Gasteiger partial charge in [0.2, 0.25) is 11.8 Å². The van der Waals surface area contributed by atoms with Crippen molar-refractivity contribution in [1.29, 1.82) is 0 Å². The zero-order valence-corrected chi connectivity index (χ0v) is 22.3. The number of benzene rings is 2. The molecule has 2 heterocycles. The number of esters is 1. The number of imide groups is 1. The molecule has 4 rings (SSSR count). The van der Waals surface area contributed by atoms with Gasteiger partial charge in [-0.05, 0) is 35.6 Å². The van der Waals surface area contributed by atoms with Crippen LogP contribution >= 0.6 is 0 Å². The number of rotatable bonds is 6. The number of ether oxygens (including phenoxy) is 1. The molecule has 3 amide bonds. The second-order valence-electron chi connectivity index (χ2n) is 11.2. The van der Waals surface area contributed by atoms with E-state index in [4.69, 9.17) is 4.74 Å². The van der Waals surface area contributed by atoms with Crippen molar-refractivity contribution in [3.8, 4) is 0 Å². The summed E-state index contributed by atoms with van der Waals surface area (Å²) in [5.41, 5.74) is 1.05. The Balaban J connectivity index is 1.58. The smallest absolute Gasteiger partial charge is 0.326 e. The summed E-state index contributed by atoms with van der Waals surface area (Å²) in [5.74, 6) is -3.29. The molecule has 0 unspecified atom stereocenters. The first-order valence-corrected chi connectivity index (χ1v) is 12.5. The number of amides is 3. The number of methoxy groups -OCH3 is 1. The fourth-order valence-corrected chi connectivity index (χ4v) is 5.52. The number of fused-ring (bicyclic) bond motifs is 1. The summed E-state index contributed by atoms with van der Waals surface area (Å²) in [5, 5.41) is 3.19. The zero-order valence-electron chi connectivity index (χ0n) is 22.3. The van der Waals surface area contributed by atoms with Crippen molar-refractivity contribution < 1.29 is 23.9 Å². The van der Waals surface area contributed by atoms with Crippen LogP contribution in [0.15, 0.2) is 54.6 Å². The molecule has 2 aliphatic rings. The van der Waals surface area contributed by atoms with Gasteiger partial charge in [-0.3, -0.25) is 29.4 Å². The highest BCUT2D eigenvalue weighted by molar-refractivity contribution is 6.09. The number of carbonyl (C=O) groups excluding carboxylic acids is 4. The Morgan fingerprint density at radius 3 is 2.22 bits per heavy atom. The Kier molecular flexibility index (Phi) is 6.99. The maximum Gasteiger partial charge on any atom is 0.326 e. The van der Waals surface area contributed by atoms with E-state index in [1.807, 2.05) is 42.5 Å². The molecular weight excluding hydrogens is 470 g/mol. The number of nitrogens with zero attached hydrogens (tertiary/aromatic N) is 2. The number of carbonyl (C=O) groups is 4. The van der Waals surface area contributed by atoms with Crippen molar-refractivity contribution in [1.82, 2.24) is 15.1 Å². The van der Waals surface area contributed by atoms with E-state index in [9.17, 15) is 19.2 Å². The van der Waals surface area contributed by atoms with Crippen molar-refractivity contribution in [3.63, 3.8) is 0 Å². The molecule has 8 heteroatoms. The number of likely N-dealkylation sites (tertiary alicyclic amines) is 1. The topological polar surface area (TPSA) is 96.0 Å². The first-order chi connectivity index (χ1) is 17.4. The monoisotopic (exact) mass is 505 g/mol. The molecule has 0 spiro atoms. The lowest BCUT2D eigenvalue weighted by atomic mass is 9.81. The summed E-state index contributed by atoms with van der Waals surface area (Å²) < 4.78 is 5.03. The maximum absolute atomic E-state index is 13.6. The van der Waals surface area contributed by atoms with Crippen molar-refractivity contribution in [2.45, 2.75) is 51.2 Å². The Hall–Kier alpha value is -3.52. The highest BCUT2D eigenvalue weighted by Crippen LogP contribution is 2.44. The standard InChI is InChI=1S/C29H35N3O5/c1-28(2,3)20-14-12-19(13-15-20)24(33)31(5)17-21-22-23(29(4,30-21)27(36)37-6)26(35)32(25(22)34)16-18-10-8-7-9-11-18/h7-15,21-23,30H,16-17H2,1-6H3/t21-,22+,23-,29-/m1/s1. The number of likely N-dealkylation sites (N-methyl/N-ethyl adjacent to an activating group) is 1. The molecule has 37 heavy (non-hydrogen) atoms. The predicted molar refractivity (Wildman–Crippen MR) is 138 cm³/mol. The average molecular weight is 506 g/mol. The largest absolute Gasteiger partial charge is 0.468 e. The molecule has 196 valence electrons. The fraction of sp³-hybridized carbons (Fsp3) is 0.448. The summed E-state index contributed by atoms with van der Waals surface area (Å²) in [6, 6.07) is 16.1. The first kappa shape index (κ1) is 26.5. The fourth-order valence-electron chi connectivity index (χ4n) is 5.52. The molecule has 1 N–H and O–H groups in total. The first-order valence-electron chi connectivity index (χ1n) is 12.5. The van der Waals surface area contributed by atoms with Crippen molar-refractivity contribution in [3.05, 3.63) is 71.3 Å². The third-order valence-electron chi connectivity index (χ3n) is 7.59. The van der Waals surface area contributed by atoms with E-state index in [0.717, 1.165) is 11.1 Å². The van der Waals surface area contributed by atoms with Crippen molar-refractivity contribution in [2.75, 3.05) is 20.7 Å². The Morgan fingerprint density at radius 1 is 1.03 bits per heavy atom. The summed E-state index contributed by atoms with van der Waals surface area (Å²) in [4.78, 5) is 55.9. The van der Waals surface area contributed by atoms with E-state index in [2.05, 4.69) is 26.1 Å². The molecule has 2 fully saturated rings. The third kappa shape index (κ3) is 4.78. The van der Waals surface area contributed by atoms with Crippen LogP contribution in [0, 0.1) is 11.8 Å². The molecule has 0 aliphatic carbocycles. The minimum atomic E-state index is -1.39. The average Bonchev–Trinajstić information content (AvgIpc) is 3.31. The van der Waals surface area contributed by atoms with E-state index in [0.29, 0.717) is 5.56 Å². The predicted octanol–water partition coefficient (Wildman–Crippen LogP) is 2.76. The van der Waals surface area contributed by atoms with E-state index in [1.165, 1.54) is 16.9 Å². The third-order valence-corrected chi connectivity index (χ3v) is 7.59. The van der Waals surface area contributed by atoms with Crippen LogP contribution in [-0.2, 0) is 31.1 Å². The van der Waals surface area contributed by atoms with E-state index in [-0.39, 0.29) is 30.3 Å². The van der Waals surface area contributed by atoms with Gasteiger partial charge in [0.15, 0.2) is 0 Å². The molecule has 2 aliphatic heterocycles. The van der Waals surface area contributed by atoms with Gasteiger partial charge in [0.25, 0.3) is 5.91 Å². The lowest BCUT2D eigenvalue weighted by molar-refractivity contribution is -0.153.